The third-order valence-corrected chi connectivity index (χ3v) is 5.32. The molecule has 4 nitrogen and oxygen atoms in total. The molecule has 0 bridgehead atoms. The Morgan fingerprint density at radius 3 is 2.96 bits per heavy atom. The number of carbonyl (C=O) groups excluding carboxylic acids is 2. The number of hydrogen-bond acceptors (Lipinski definition) is 2. The van der Waals surface area contributed by atoms with Crippen LogP contribution in [-0.4, -0.2) is 24.9 Å². The van der Waals surface area contributed by atoms with Gasteiger partial charge in [-0.05, 0) is 56.7 Å². The van der Waals surface area contributed by atoms with Gasteiger partial charge in [-0.15, -0.1) is 0 Å². The molecule has 1 aromatic rings. The van der Waals surface area contributed by atoms with Crippen molar-refractivity contribution in [3.8, 4) is 0 Å². The summed E-state index contributed by atoms with van der Waals surface area (Å²) in [5.74, 6) is -0.321. The van der Waals surface area contributed by atoms with E-state index in [1.807, 2.05) is 19.1 Å². The maximum atomic E-state index is 12.4. The molecule has 1 atom stereocenters. The number of rotatable bonds is 5. The van der Waals surface area contributed by atoms with Crippen LogP contribution in [0.3, 0.4) is 0 Å². The Morgan fingerprint density at radius 2 is 2.20 bits per heavy atom. The SMILES string of the molecule is Cc1ccc(Cl)cc1N1CC(C(=O)NCCC2=CCCCC2)CC1=O. The van der Waals surface area contributed by atoms with Gasteiger partial charge in [0.25, 0.3) is 0 Å². The van der Waals surface area contributed by atoms with Gasteiger partial charge in [0, 0.05) is 30.2 Å². The molecule has 1 aliphatic heterocycles. The van der Waals surface area contributed by atoms with Crippen LogP contribution >= 0.6 is 11.6 Å². The van der Waals surface area contributed by atoms with E-state index in [-0.39, 0.29) is 24.2 Å². The summed E-state index contributed by atoms with van der Waals surface area (Å²) in [7, 11) is 0. The van der Waals surface area contributed by atoms with Gasteiger partial charge < -0.3 is 10.2 Å². The summed E-state index contributed by atoms with van der Waals surface area (Å²) < 4.78 is 0. The molecule has 3 rings (SSSR count). The Balaban J connectivity index is 1.55. The highest BCUT2D eigenvalue weighted by Gasteiger charge is 2.35. The number of anilines is 1. The van der Waals surface area contributed by atoms with Crippen molar-refractivity contribution in [3.05, 3.63) is 40.4 Å². The third-order valence-electron chi connectivity index (χ3n) is 5.09. The predicted octanol–water partition coefficient (Wildman–Crippen LogP) is 4.01. The van der Waals surface area contributed by atoms with Crippen LogP contribution in [0.5, 0.6) is 0 Å². The van der Waals surface area contributed by atoms with Crippen molar-refractivity contribution in [1.29, 1.82) is 0 Å². The molecule has 0 saturated carbocycles. The fourth-order valence-electron chi connectivity index (χ4n) is 3.61. The van der Waals surface area contributed by atoms with Gasteiger partial charge in [0.2, 0.25) is 11.8 Å². The maximum absolute atomic E-state index is 12.4. The van der Waals surface area contributed by atoms with Crippen molar-refractivity contribution in [3.63, 3.8) is 0 Å². The number of halogens is 1. The molecule has 1 N–H and O–H groups in total. The molecule has 1 saturated heterocycles. The smallest absolute Gasteiger partial charge is 0.227 e. The first-order valence-corrected chi connectivity index (χ1v) is 9.44. The lowest BCUT2D eigenvalue weighted by Gasteiger charge is -2.19. The monoisotopic (exact) mass is 360 g/mol. The molecule has 1 aliphatic carbocycles. The van der Waals surface area contributed by atoms with E-state index in [9.17, 15) is 9.59 Å². The van der Waals surface area contributed by atoms with Gasteiger partial charge in [-0.1, -0.05) is 29.3 Å². The zero-order valence-corrected chi connectivity index (χ0v) is 15.4. The minimum Gasteiger partial charge on any atom is -0.355 e. The number of allylic oxidation sites excluding steroid dienone is 1. The summed E-state index contributed by atoms with van der Waals surface area (Å²) in [5.41, 5.74) is 3.24. The molecule has 0 spiro atoms. The number of amides is 2. The first-order chi connectivity index (χ1) is 12.0. The van der Waals surface area contributed by atoms with Crippen LogP contribution in [0, 0.1) is 12.8 Å². The van der Waals surface area contributed by atoms with Crippen LogP contribution in [0.1, 0.15) is 44.1 Å². The molecule has 0 radical (unpaired) electrons. The number of aryl methyl sites for hydroxylation is 1. The van der Waals surface area contributed by atoms with E-state index in [0.29, 0.717) is 18.1 Å². The summed E-state index contributed by atoms with van der Waals surface area (Å²) in [6, 6.07) is 5.51. The molecule has 134 valence electrons. The molecule has 0 aromatic heterocycles. The van der Waals surface area contributed by atoms with E-state index in [4.69, 9.17) is 11.6 Å². The highest BCUT2D eigenvalue weighted by Crippen LogP contribution is 2.30. The summed E-state index contributed by atoms with van der Waals surface area (Å²) in [6.07, 6.45) is 8.33. The molecule has 2 amide bonds. The number of hydrogen-bond donors (Lipinski definition) is 1. The second-order valence-corrected chi connectivity index (χ2v) is 7.42. The van der Waals surface area contributed by atoms with Crippen molar-refractivity contribution in [2.45, 2.75) is 45.4 Å². The lowest BCUT2D eigenvalue weighted by molar-refractivity contribution is -0.126. The molecular formula is C20H25ClN2O2. The number of nitrogens with one attached hydrogen (secondary N) is 1. The van der Waals surface area contributed by atoms with Crippen LogP contribution in [0.15, 0.2) is 29.8 Å². The largest absolute Gasteiger partial charge is 0.355 e. The van der Waals surface area contributed by atoms with Crippen LogP contribution in [-0.2, 0) is 9.59 Å². The fraction of sp³-hybridized carbons (Fsp3) is 0.500. The number of benzene rings is 1. The zero-order chi connectivity index (χ0) is 17.8. The normalized spacial score (nSPS) is 20.6. The van der Waals surface area contributed by atoms with Crippen LogP contribution in [0.4, 0.5) is 5.69 Å². The molecule has 1 aromatic carbocycles. The van der Waals surface area contributed by atoms with Gasteiger partial charge in [-0.3, -0.25) is 9.59 Å². The lowest BCUT2D eigenvalue weighted by Crippen LogP contribution is -2.33. The molecule has 5 heteroatoms. The minimum absolute atomic E-state index is 0.0134. The standard InChI is InChI=1S/C20H25ClN2O2/c1-14-7-8-17(21)12-18(14)23-13-16(11-19(23)24)20(25)22-10-9-15-5-3-2-4-6-15/h5,7-8,12,16H,2-4,6,9-11,13H2,1H3,(H,22,25). The fourth-order valence-corrected chi connectivity index (χ4v) is 3.78. The Hall–Kier alpha value is -1.81. The molecule has 2 aliphatic rings. The van der Waals surface area contributed by atoms with Crippen LogP contribution in [0.25, 0.3) is 0 Å². The number of carbonyl (C=O) groups is 2. The first-order valence-electron chi connectivity index (χ1n) is 9.07. The summed E-state index contributed by atoms with van der Waals surface area (Å²) in [6.45, 7) is 3.03. The van der Waals surface area contributed by atoms with Crippen molar-refractivity contribution < 1.29 is 9.59 Å². The molecule has 1 heterocycles. The van der Waals surface area contributed by atoms with Gasteiger partial charge in [0.1, 0.15) is 0 Å². The summed E-state index contributed by atoms with van der Waals surface area (Å²) in [4.78, 5) is 26.5. The lowest BCUT2D eigenvalue weighted by atomic mass is 9.97. The summed E-state index contributed by atoms with van der Waals surface area (Å²) >= 11 is 6.06. The first kappa shape index (κ1) is 18.0. The van der Waals surface area contributed by atoms with E-state index < -0.39 is 0 Å². The van der Waals surface area contributed by atoms with Gasteiger partial charge in [-0.25, -0.2) is 0 Å². The van der Waals surface area contributed by atoms with Gasteiger partial charge in [0.15, 0.2) is 0 Å². The second kappa shape index (κ2) is 8.05. The Morgan fingerprint density at radius 1 is 1.36 bits per heavy atom. The Bertz CT molecular complexity index is 699. The molecule has 1 unspecified atom stereocenters. The highest BCUT2D eigenvalue weighted by molar-refractivity contribution is 6.31. The van der Waals surface area contributed by atoms with E-state index in [1.165, 1.54) is 18.4 Å². The van der Waals surface area contributed by atoms with Crippen molar-refractivity contribution in [2.24, 2.45) is 5.92 Å². The van der Waals surface area contributed by atoms with Crippen molar-refractivity contribution in [2.75, 3.05) is 18.0 Å². The Kier molecular flexibility index (Phi) is 5.79. The number of nitrogens with zero attached hydrogens (tertiary/aromatic N) is 1. The second-order valence-electron chi connectivity index (χ2n) is 6.99. The quantitative estimate of drug-likeness (QED) is 0.806. The Labute approximate surface area is 154 Å². The van der Waals surface area contributed by atoms with Gasteiger partial charge >= 0.3 is 0 Å². The van der Waals surface area contributed by atoms with E-state index in [1.54, 1.807) is 11.0 Å². The predicted molar refractivity (Wildman–Crippen MR) is 101 cm³/mol. The van der Waals surface area contributed by atoms with Crippen LogP contribution < -0.4 is 10.2 Å². The average Bonchev–Trinajstić information content (AvgIpc) is 3.00. The average molecular weight is 361 g/mol. The molecule has 25 heavy (non-hydrogen) atoms. The van der Waals surface area contributed by atoms with Gasteiger partial charge in [0.05, 0.1) is 5.92 Å². The maximum Gasteiger partial charge on any atom is 0.227 e. The molecular weight excluding hydrogens is 336 g/mol. The minimum atomic E-state index is -0.286. The van der Waals surface area contributed by atoms with Gasteiger partial charge in [-0.2, -0.15) is 0 Å². The van der Waals surface area contributed by atoms with E-state index in [2.05, 4.69) is 11.4 Å². The topological polar surface area (TPSA) is 49.4 Å². The van der Waals surface area contributed by atoms with Crippen LogP contribution in [0.2, 0.25) is 5.02 Å². The van der Waals surface area contributed by atoms with Crippen molar-refractivity contribution in [1.82, 2.24) is 5.32 Å². The third kappa shape index (κ3) is 4.43. The molecule has 1 fully saturated rings. The van der Waals surface area contributed by atoms with Crippen molar-refractivity contribution >= 4 is 29.1 Å². The highest BCUT2D eigenvalue weighted by atomic mass is 35.5. The zero-order valence-electron chi connectivity index (χ0n) is 14.7. The van der Waals surface area contributed by atoms with E-state index >= 15 is 0 Å². The summed E-state index contributed by atoms with van der Waals surface area (Å²) in [5, 5.41) is 3.60. The van der Waals surface area contributed by atoms with E-state index in [0.717, 1.165) is 30.5 Å².